The van der Waals surface area contributed by atoms with Crippen LogP contribution in [0.4, 0.5) is 0 Å². The van der Waals surface area contributed by atoms with Crippen molar-refractivity contribution in [1.29, 1.82) is 0 Å². The largest absolute Gasteiger partial charge is 0.458 e. The van der Waals surface area contributed by atoms with Crippen LogP contribution in [0.2, 0.25) is 0 Å². The molecule has 0 spiro atoms. The average molecular weight is 593 g/mol. The van der Waals surface area contributed by atoms with E-state index in [2.05, 4.69) is 26.8 Å². The summed E-state index contributed by atoms with van der Waals surface area (Å²) >= 11 is 0. The molecule has 0 heterocycles. The van der Waals surface area contributed by atoms with Gasteiger partial charge in [0, 0.05) is 6.42 Å². The summed E-state index contributed by atoms with van der Waals surface area (Å²) in [5, 5.41) is 0. The van der Waals surface area contributed by atoms with Crippen molar-refractivity contribution in [3.63, 3.8) is 0 Å². The van der Waals surface area contributed by atoms with E-state index in [-0.39, 0.29) is 17.5 Å². The molecule has 4 aliphatic rings. The molecule has 2 aromatic rings. The third-order valence-electron chi connectivity index (χ3n) is 12.9. The van der Waals surface area contributed by atoms with Gasteiger partial charge in [0.2, 0.25) is 0 Å². The summed E-state index contributed by atoms with van der Waals surface area (Å²) in [4.78, 5) is 13.7. The second kappa shape index (κ2) is 13.8. The van der Waals surface area contributed by atoms with Crippen molar-refractivity contribution in [2.45, 2.75) is 123 Å². The number of carbonyl (C=O) groups is 1. The molecule has 0 bridgehead atoms. The second-order valence-corrected chi connectivity index (χ2v) is 15.2. The van der Waals surface area contributed by atoms with E-state index in [9.17, 15) is 4.79 Å². The van der Waals surface area contributed by atoms with Gasteiger partial charge in [0.25, 0.3) is 0 Å². The quantitative estimate of drug-likeness (QED) is 0.0853. The van der Waals surface area contributed by atoms with Gasteiger partial charge >= 0.3 is 5.97 Å². The normalized spacial score (nSPS) is 33.1. The summed E-state index contributed by atoms with van der Waals surface area (Å²) in [6, 6.07) is 20.1. The Labute approximate surface area is 267 Å². The lowest BCUT2D eigenvalue weighted by molar-refractivity contribution is -0.144. The SMILES string of the molecule is CCCCCCCC[C@H]1CC[C@H]2[C@@H]3CC=C4C[C@@H](OC(=O)C(=Cc5ccccc5)c5ccccc5)CC[C@]4(C)[C@H]3CC[C@]12C. The molecule has 3 saturated carbocycles. The maximum absolute atomic E-state index is 13.7. The lowest BCUT2D eigenvalue weighted by Gasteiger charge is -2.58. The molecule has 2 aromatic carbocycles. The first-order valence-electron chi connectivity index (χ1n) is 18.1. The molecule has 3 fully saturated rings. The number of fused-ring (bicyclic) bond motifs is 5. The van der Waals surface area contributed by atoms with E-state index >= 15 is 0 Å². The molecule has 0 aliphatic heterocycles. The number of unbranched alkanes of at least 4 members (excludes halogenated alkanes) is 5. The molecule has 6 rings (SSSR count). The molecule has 0 unspecified atom stereocenters. The molecule has 236 valence electrons. The summed E-state index contributed by atoms with van der Waals surface area (Å²) in [5.41, 5.74) is 4.99. The first-order chi connectivity index (χ1) is 21.4. The van der Waals surface area contributed by atoms with E-state index in [1.807, 2.05) is 66.7 Å². The van der Waals surface area contributed by atoms with Gasteiger partial charge in [-0.15, -0.1) is 0 Å². The predicted octanol–water partition coefficient (Wildman–Crippen LogP) is 11.5. The van der Waals surface area contributed by atoms with Crippen molar-refractivity contribution < 1.29 is 9.53 Å². The summed E-state index contributed by atoms with van der Waals surface area (Å²) < 4.78 is 6.33. The topological polar surface area (TPSA) is 26.3 Å². The summed E-state index contributed by atoms with van der Waals surface area (Å²) in [5.74, 6) is 3.28. The van der Waals surface area contributed by atoms with Gasteiger partial charge in [0.05, 0.1) is 5.57 Å². The summed E-state index contributed by atoms with van der Waals surface area (Å²) in [6.07, 6.45) is 24.5. The van der Waals surface area contributed by atoms with Crippen molar-refractivity contribution in [2.75, 3.05) is 0 Å². The van der Waals surface area contributed by atoms with Gasteiger partial charge in [-0.3, -0.25) is 0 Å². The Hall–Kier alpha value is -2.61. The Kier molecular flexibility index (Phi) is 9.84. The first kappa shape index (κ1) is 31.4. The van der Waals surface area contributed by atoms with E-state index < -0.39 is 0 Å². The number of carbonyl (C=O) groups excluding carboxylic acids is 1. The highest BCUT2D eigenvalue weighted by Gasteiger charge is 2.58. The standard InChI is InChI=1S/C42H56O2/c1-4-5-6-7-8-15-20-33-22-24-38-36-23-21-34-30-35(25-27-42(34,3)39(36)26-28-41(33,38)2)44-40(43)37(32-18-13-10-14-19-32)29-31-16-11-9-12-17-31/h9-14,16-19,21,29,33,35-36,38-39H,4-8,15,20,22-28,30H2,1-3H3/t33-,35-,36-,38-,39-,41+,42-/m0/s1. The predicted molar refractivity (Wildman–Crippen MR) is 184 cm³/mol. The molecule has 2 heteroatoms. The number of hydrogen-bond donors (Lipinski definition) is 0. The van der Waals surface area contributed by atoms with Gasteiger partial charge < -0.3 is 4.74 Å². The highest BCUT2D eigenvalue weighted by molar-refractivity contribution is 6.21. The van der Waals surface area contributed by atoms with Gasteiger partial charge in [-0.1, -0.05) is 132 Å². The van der Waals surface area contributed by atoms with E-state index in [1.54, 1.807) is 5.57 Å². The van der Waals surface area contributed by atoms with Gasteiger partial charge in [-0.2, -0.15) is 0 Å². The molecular weight excluding hydrogens is 536 g/mol. The van der Waals surface area contributed by atoms with E-state index in [4.69, 9.17) is 4.74 Å². The maximum atomic E-state index is 13.7. The zero-order chi connectivity index (χ0) is 30.6. The van der Waals surface area contributed by atoms with Crippen LogP contribution in [0.3, 0.4) is 0 Å². The minimum absolute atomic E-state index is 0.0386. The number of esters is 1. The van der Waals surface area contributed by atoms with E-state index in [0.29, 0.717) is 11.0 Å². The molecule has 0 radical (unpaired) electrons. The lowest BCUT2D eigenvalue weighted by Crippen LogP contribution is -2.50. The summed E-state index contributed by atoms with van der Waals surface area (Å²) in [7, 11) is 0. The van der Waals surface area contributed by atoms with Crippen molar-refractivity contribution >= 4 is 17.6 Å². The van der Waals surface area contributed by atoms with E-state index in [0.717, 1.165) is 54.1 Å². The van der Waals surface area contributed by atoms with Crippen molar-refractivity contribution in [3.8, 4) is 0 Å². The fraction of sp³-hybridized carbons (Fsp3) is 0.595. The van der Waals surface area contributed by atoms with Crippen LogP contribution in [-0.4, -0.2) is 12.1 Å². The number of benzene rings is 2. The van der Waals surface area contributed by atoms with Crippen LogP contribution in [0.1, 0.15) is 128 Å². The van der Waals surface area contributed by atoms with Gasteiger partial charge in [-0.25, -0.2) is 4.79 Å². The molecule has 0 aromatic heterocycles. The third kappa shape index (κ3) is 6.38. The Balaban J connectivity index is 1.11. The zero-order valence-corrected chi connectivity index (χ0v) is 27.7. The van der Waals surface area contributed by atoms with Crippen LogP contribution in [0.5, 0.6) is 0 Å². The number of allylic oxidation sites excluding steroid dienone is 1. The highest BCUT2D eigenvalue weighted by Crippen LogP contribution is 2.66. The third-order valence-corrected chi connectivity index (χ3v) is 12.9. The van der Waals surface area contributed by atoms with Crippen LogP contribution in [0.25, 0.3) is 11.6 Å². The Bertz CT molecular complexity index is 1310. The number of hydrogen-bond acceptors (Lipinski definition) is 2. The van der Waals surface area contributed by atoms with Crippen LogP contribution in [0.15, 0.2) is 72.3 Å². The van der Waals surface area contributed by atoms with Gasteiger partial charge in [0.15, 0.2) is 0 Å². The van der Waals surface area contributed by atoms with Crippen LogP contribution >= 0.6 is 0 Å². The minimum Gasteiger partial charge on any atom is -0.458 e. The smallest absolute Gasteiger partial charge is 0.339 e. The van der Waals surface area contributed by atoms with Gasteiger partial charge in [0.1, 0.15) is 6.10 Å². The number of rotatable bonds is 11. The Morgan fingerprint density at radius 3 is 2.34 bits per heavy atom. The minimum atomic E-state index is -0.196. The molecule has 4 aliphatic carbocycles. The Morgan fingerprint density at radius 2 is 1.57 bits per heavy atom. The van der Waals surface area contributed by atoms with Crippen molar-refractivity contribution in [2.24, 2.45) is 34.5 Å². The molecule has 44 heavy (non-hydrogen) atoms. The monoisotopic (exact) mass is 592 g/mol. The van der Waals surface area contributed by atoms with Crippen molar-refractivity contribution in [3.05, 3.63) is 83.4 Å². The molecule has 7 atom stereocenters. The Morgan fingerprint density at radius 1 is 0.841 bits per heavy atom. The molecule has 0 amide bonds. The number of ether oxygens (including phenoxy) is 1. The molecular formula is C42H56O2. The fourth-order valence-corrected chi connectivity index (χ4v) is 10.3. The zero-order valence-electron chi connectivity index (χ0n) is 27.7. The van der Waals surface area contributed by atoms with E-state index in [1.165, 1.54) is 77.0 Å². The highest BCUT2D eigenvalue weighted by atomic mass is 16.5. The first-order valence-corrected chi connectivity index (χ1v) is 18.1. The van der Waals surface area contributed by atoms with Gasteiger partial charge in [-0.05, 0) is 103 Å². The average Bonchev–Trinajstić information content (AvgIpc) is 3.38. The molecule has 0 N–H and O–H groups in total. The van der Waals surface area contributed by atoms with Crippen LogP contribution < -0.4 is 0 Å². The summed E-state index contributed by atoms with van der Waals surface area (Å²) in [6.45, 7) is 7.57. The second-order valence-electron chi connectivity index (χ2n) is 15.2. The maximum Gasteiger partial charge on any atom is 0.339 e. The lowest BCUT2D eigenvalue weighted by atomic mass is 9.47. The van der Waals surface area contributed by atoms with Crippen LogP contribution in [-0.2, 0) is 9.53 Å². The molecule has 0 saturated heterocycles. The van der Waals surface area contributed by atoms with Crippen molar-refractivity contribution in [1.82, 2.24) is 0 Å². The van der Waals surface area contributed by atoms with Crippen LogP contribution in [0, 0.1) is 34.5 Å². The molecule has 2 nitrogen and oxygen atoms in total. The fourth-order valence-electron chi connectivity index (χ4n) is 10.3.